The summed E-state index contributed by atoms with van der Waals surface area (Å²) >= 11 is 0. The van der Waals surface area contributed by atoms with Crippen LogP contribution in [0, 0.1) is 6.92 Å². The minimum absolute atomic E-state index is 0.0984. The Balaban J connectivity index is 2.27. The van der Waals surface area contributed by atoms with Crippen molar-refractivity contribution in [1.29, 1.82) is 0 Å². The van der Waals surface area contributed by atoms with Gasteiger partial charge in [0.15, 0.2) is 0 Å². The summed E-state index contributed by atoms with van der Waals surface area (Å²) in [7, 11) is -1.96. The molecule has 8 nitrogen and oxygen atoms in total. The van der Waals surface area contributed by atoms with E-state index in [-0.39, 0.29) is 31.3 Å². The van der Waals surface area contributed by atoms with Crippen LogP contribution in [0.3, 0.4) is 0 Å². The molecule has 0 aromatic heterocycles. The monoisotopic (exact) mass is 531 g/mol. The number of sulfonamides is 1. The second kappa shape index (κ2) is 12.9. The summed E-state index contributed by atoms with van der Waals surface area (Å²) in [4.78, 5) is 28.3. The van der Waals surface area contributed by atoms with E-state index in [0.29, 0.717) is 24.3 Å². The molecule has 2 aromatic rings. The number of aryl methyl sites for hydroxylation is 1. The fourth-order valence-electron chi connectivity index (χ4n) is 4.17. The Bertz CT molecular complexity index is 1170. The molecule has 0 saturated carbocycles. The minimum Gasteiger partial charge on any atom is -0.497 e. The van der Waals surface area contributed by atoms with Crippen molar-refractivity contribution in [3.63, 3.8) is 0 Å². The Morgan fingerprint density at radius 2 is 1.76 bits per heavy atom. The maximum atomic E-state index is 13.6. The molecule has 0 aliphatic rings. The summed E-state index contributed by atoms with van der Waals surface area (Å²) in [5, 5.41) is 2.99. The SMILES string of the molecule is CCC(C(=O)NC(C)(C)C)N(Cc1cccc(OC)c1)C(=O)CCCN(c1ccccc1C)S(C)(=O)=O. The summed E-state index contributed by atoms with van der Waals surface area (Å²) in [5.74, 6) is 0.236. The van der Waals surface area contributed by atoms with E-state index < -0.39 is 21.6 Å². The molecule has 1 atom stereocenters. The lowest BCUT2D eigenvalue weighted by Crippen LogP contribution is -2.53. The maximum absolute atomic E-state index is 13.6. The Hall–Kier alpha value is -3.07. The van der Waals surface area contributed by atoms with Crippen molar-refractivity contribution in [2.45, 2.75) is 72.0 Å². The Kier molecular flexibility index (Phi) is 10.5. The number of hydrogen-bond acceptors (Lipinski definition) is 5. The van der Waals surface area contributed by atoms with Crippen LogP contribution in [0.4, 0.5) is 5.69 Å². The average molecular weight is 532 g/mol. The van der Waals surface area contributed by atoms with Gasteiger partial charge in [0.1, 0.15) is 11.8 Å². The normalized spacial score (nSPS) is 12.5. The van der Waals surface area contributed by atoms with Gasteiger partial charge in [-0.1, -0.05) is 37.3 Å². The highest BCUT2D eigenvalue weighted by Gasteiger charge is 2.31. The molecule has 0 saturated heterocycles. The Morgan fingerprint density at radius 1 is 1.08 bits per heavy atom. The number of amides is 2. The van der Waals surface area contributed by atoms with E-state index in [1.54, 1.807) is 24.1 Å². The van der Waals surface area contributed by atoms with Gasteiger partial charge in [0.2, 0.25) is 21.8 Å². The van der Waals surface area contributed by atoms with E-state index in [2.05, 4.69) is 5.32 Å². The molecular weight excluding hydrogens is 490 g/mol. The molecular formula is C28H41N3O5S. The highest BCUT2D eigenvalue weighted by molar-refractivity contribution is 7.92. The van der Waals surface area contributed by atoms with Gasteiger partial charge in [-0.15, -0.1) is 0 Å². The maximum Gasteiger partial charge on any atom is 0.243 e. The molecule has 0 radical (unpaired) electrons. The van der Waals surface area contributed by atoms with Crippen molar-refractivity contribution >= 4 is 27.5 Å². The zero-order chi connectivity index (χ0) is 27.8. The van der Waals surface area contributed by atoms with E-state index in [1.165, 1.54) is 10.6 Å². The highest BCUT2D eigenvalue weighted by Crippen LogP contribution is 2.23. The van der Waals surface area contributed by atoms with Crippen molar-refractivity contribution in [2.75, 3.05) is 24.2 Å². The van der Waals surface area contributed by atoms with Crippen LogP contribution in [0.1, 0.15) is 58.1 Å². The fraction of sp³-hybridized carbons (Fsp3) is 0.500. The minimum atomic E-state index is -3.54. The van der Waals surface area contributed by atoms with Gasteiger partial charge in [0.25, 0.3) is 0 Å². The molecule has 0 aliphatic heterocycles. The molecule has 2 aromatic carbocycles. The lowest BCUT2D eigenvalue weighted by Gasteiger charge is -2.33. The first kappa shape index (κ1) is 30.2. The molecule has 204 valence electrons. The number of anilines is 1. The summed E-state index contributed by atoms with van der Waals surface area (Å²) in [5.41, 5.74) is 1.83. The molecule has 0 fully saturated rings. The van der Waals surface area contributed by atoms with Crippen LogP contribution < -0.4 is 14.4 Å². The lowest BCUT2D eigenvalue weighted by molar-refractivity contribution is -0.142. The number of hydrogen-bond donors (Lipinski definition) is 1. The third-order valence-electron chi connectivity index (χ3n) is 5.91. The number of methoxy groups -OCH3 is 1. The number of nitrogens with one attached hydrogen (secondary N) is 1. The summed E-state index contributed by atoms with van der Waals surface area (Å²) < 4.78 is 31.7. The van der Waals surface area contributed by atoms with E-state index in [4.69, 9.17) is 4.74 Å². The number of ether oxygens (including phenoxy) is 1. The Morgan fingerprint density at radius 3 is 2.32 bits per heavy atom. The van der Waals surface area contributed by atoms with Crippen LogP contribution in [0.5, 0.6) is 5.75 Å². The van der Waals surface area contributed by atoms with Crippen LogP contribution in [0.2, 0.25) is 0 Å². The molecule has 2 rings (SSSR count). The molecule has 0 aliphatic carbocycles. The van der Waals surface area contributed by atoms with Gasteiger partial charge in [-0.25, -0.2) is 8.42 Å². The van der Waals surface area contributed by atoms with Crippen LogP contribution in [0.25, 0.3) is 0 Å². The van der Waals surface area contributed by atoms with Crippen LogP contribution >= 0.6 is 0 Å². The predicted molar refractivity (Wildman–Crippen MR) is 148 cm³/mol. The largest absolute Gasteiger partial charge is 0.497 e. The molecule has 1 N–H and O–H groups in total. The van der Waals surface area contributed by atoms with E-state index in [0.717, 1.165) is 11.1 Å². The van der Waals surface area contributed by atoms with Crippen molar-refractivity contribution < 1.29 is 22.7 Å². The third kappa shape index (κ3) is 9.07. The zero-order valence-electron chi connectivity index (χ0n) is 23.1. The smallest absolute Gasteiger partial charge is 0.243 e. The molecule has 37 heavy (non-hydrogen) atoms. The molecule has 0 spiro atoms. The van der Waals surface area contributed by atoms with Crippen LogP contribution in [0.15, 0.2) is 48.5 Å². The molecule has 1 unspecified atom stereocenters. The average Bonchev–Trinajstić information content (AvgIpc) is 2.80. The van der Waals surface area contributed by atoms with Gasteiger partial charge < -0.3 is 15.0 Å². The van der Waals surface area contributed by atoms with Gasteiger partial charge in [-0.2, -0.15) is 0 Å². The third-order valence-corrected chi connectivity index (χ3v) is 7.09. The first-order valence-electron chi connectivity index (χ1n) is 12.5. The molecule has 0 heterocycles. The van der Waals surface area contributed by atoms with Crippen molar-refractivity contribution in [3.05, 3.63) is 59.7 Å². The van der Waals surface area contributed by atoms with Gasteiger partial charge >= 0.3 is 0 Å². The van der Waals surface area contributed by atoms with Crippen LogP contribution in [-0.2, 0) is 26.2 Å². The summed E-state index contributed by atoms with van der Waals surface area (Å²) in [6, 6.07) is 14.0. The van der Waals surface area contributed by atoms with E-state index in [1.807, 2.05) is 71.0 Å². The van der Waals surface area contributed by atoms with E-state index >= 15 is 0 Å². The molecule has 9 heteroatoms. The lowest BCUT2D eigenvalue weighted by atomic mass is 10.0. The van der Waals surface area contributed by atoms with Gasteiger partial charge in [-0.3, -0.25) is 13.9 Å². The van der Waals surface area contributed by atoms with Gasteiger partial charge in [0, 0.05) is 25.0 Å². The highest BCUT2D eigenvalue weighted by atomic mass is 32.2. The number of nitrogens with zero attached hydrogens (tertiary/aromatic N) is 2. The van der Waals surface area contributed by atoms with Gasteiger partial charge in [0.05, 0.1) is 19.1 Å². The fourth-order valence-corrected chi connectivity index (χ4v) is 5.19. The second-order valence-corrected chi connectivity index (χ2v) is 12.2. The zero-order valence-corrected chi connectivity index (χ0v) is 23.9. The van der Waals surface area contributed by atoms with Gasteiger partial charge in [-0.05, 0) is 69.9 Å². The standard InChI is InChI=1S/C28H41N3O5S/c1-8-24(27(33)29-28(3,4)5)30(20-22-14-11-15-23(19-22)36-6)26(32)17-12-18-31(37(7,34)35)25-16-10-9-13-21(25)2/h9-11,13-16,19,24H,8,12,17-18,20H2,1-7H3,(H,29,33). The Labute approximate surface area is 222 Å². The van der Waals surface area contributed by atoms with E-state index in [9.17, 15) is 18.0 Å². The first-order chi connectivity index (χ1) is 17.3. The topological polar surface area (TPSA) is 96.0 Å². The van der Waals surface area contributed by atoms with Crippen molar-refractivity contribution in [3.8, 4) is 5.75 Å². The summed E-state index contributed by atoms with van der Waals surface area (Å²) in [6.07, 6.45) is 2.02. The summed E-state index contributed by atoms with van der Waals surface area (Å²) in [6.45, 7) is 9.83. The molecule has 2 amide bonds. The first-order valence-corrected chi connectivity index (χ1v) is 14.4. The number of carbonyl (C=O) groups excluding carboxylic acids is 2. The number of para-hydroxylation sites is 1. The van der Waals surface area contributed by atoms with Crippen LogP contribution in [-0.4, -0.2) is 56.6 Å². The second-order valence-electron chi connectivity index (χ2n) is 10.3. The van der Waals surface area contributed by atoms with Crippen molar-refractivity contribution in [1.82, 2.24) is 10.2 Å². The number of carbonyl (C=O) groups is 2. The quantitative estimate of drug-likeness (QED) is 0.441. The number of rotatable bonds is 12. The molecule has 0 bridgehead atoms. The van der Waals surface area contributed by atoms with Crippen molar-refractivity contribution in [2.24, 2.45) is 0 Å². The predicted octanol–water partition coefficient (Wildman–Crippen LogP) is 4.27. The number of benzene rings is 2.